The average Bonchev–Trinajstić information content (AvgIpc) is 2.75. The van der Waals surface area contributed by atoms with Crippen LogP contribution in [-0.2, 0) is 6.54 Å². The third-order valence-electron chi connectivity index (χ3n) is 3.16. The lowest BCUT2D eigenvalue weighted by atomic mass is 10.1. The molecule has 1 aromatic carbocycles. The summed E-state index contributed by atoms with van der Waals surface area (Å²) < 4.78 is 2.32. The van der Waals surface area contributed by atoms with E-state index in [1.54, 1.807) is 0 Å². The van der Waals surface area contributed by atoms with Gasteiger partial charge in [0.1, 0.15) is 0 Å². The summed E-state index contributed by atoms with van der Waals surface area (Å²) in [6, 6.07) is 12.3. The van der Waals surface area contributed by atoms with E-state index in [0.29, 0.717) is 0 Å². The smallest absolute Gasteiger partial charge is 0.0623 e. The van der Waals surface area contributed by atoms with E-state index < -0.39 is 0 Å². The van der Waals surface area contributed by atoms with Crippen molar-refractivity contribution in [2.75, 3.05) is 6.54 Å². The second kappa shape index (κ2) is 4.04. The molecule has 2 nitrogen and oxygen atoms in total. The van der Waals surface area contributed by atoms with Gasteiger partial charge in [0.25, 0.3) is 0 Å². The molecule has 0 amide bonds. The zero-order valence-electron chi connectivity index (χ0n) is 9.65. The Kier molecular flexibility index (Phi) is 2.52. The second-order valence-corrected chi connectivity index (χ2v) is 4.67. The van der Waals surface area contributed by atoms with Gasteiger partial charge in [-0.15, -0.1) is 0 Å². The van der Waals surface area contributed by atoms with Gasteiger partial charge in [-0.05, 0) is 36.8 Å². The zero-order chi connectivity index (χ0) is 11.8. The maximum atomic E-state index is 5.91. The standard InChI is InChI=1S/C14H13ClN2/c1-10-13-6-7-14(17(13)9-8-16-10)11-2-4-12(15)5-3-11/h2-7H,8-9H2,1H3. The van der Waals surface area contributed by atoms with Crippen LogP contribution in [0.25, 0.3) is 11.3 Å². The summed E-state index contributed by atoms with van der Waals surface area (Å²) in [6.07, 6.45) is 0. The van der Waals surface area contributed by atoms with Crippen molar-refractivity contribution < 1.29 is 0 Å². The molecule has 3 heteroatoms. The first-order valence-electron chi connectivity index (χ1n) is 5.72. The number of aliphatic imine (C=N–C) groups is 1. The lowest BCUT2D eigenvalue weighted by molar-refractivity contribution is 0.695. The number of fused-ring (bicyclic) bond motifs is 1. The van der Waals surface area contributed by atoms with Gasteiger partial charge in [0.2, 0.25) is 0 Å². The molecule has 17 heavy (non-hydrogen) atoms. The Morgan fingerprint density at radius 2 is 1.76 bits per heavy atom. The van der Waals surface area contributed by atoms with Crippen LogP contribution < -0.4 is 0 Å². The normalized spacial score (nSPS) is 14.4. The number of nitrogens with zero attached hydrogens (tertiary/aromatic N) is 2. The van der Waals surface area contributed by atoms with Crippen molar-refractivity contribution in [3.8, 4) is 11.3 Å². The van der Waals surface area contributed by atoms with Crippen molar-refractivity contribution in [2.45, 2.75) is 13.5 Å². The molecule has 0 N–H and O–H groups in total. The minimum absolute atomic E-state index is 0.775. The minimum atomic E-state index is 0.775. The highest BCUT2D eigenvalue weighted by Crippen LogP contribution is 2.25. The fraction of sp³-hybridized carbons (Fsp3) is 0.214. The fourth-order valence-electron chi connectivity index (χ4n) is 2.30. The highest BCUT2D eigenvalue weighted by atomic mass is 35.5. The van der Waals surface area contributed by atoms with Gasteiger partial charge in [-0.1, -0.05) is 23.7 Å². The Bertz CT molecular complexity index is 579. The zero-order valence-corrected chi connectivity index (χ0v) is 10.4. The van der Waals surface area contributed by atoms with E-state index >= 15 is 0 Å². The molecule has 0 bridgehead atoms. The van der Waals surface area contributed by atoms with Crippen LogP contribution in [0.2, 0.25) is 5.02 Å². The van der Waals surface area contributed by atoms with Gasteiger partial charge in [-0.25, -0.2) is 0 Å². The molecule has 0 fully saturated rings. The maximum absolute atomic E-state index is 5.91. The van der Waals surface area contributed by atoms with Crippen molar-refractivity contribution >= 4 is 17.3 Å². The molecule has 0 spiro atoms. The quantitative estimate of drug-likeness (QED) is 0.729. The van der Waals surface area contributed by atoms with Crippen molar-refractivity contribution in [3.05, 3.63) is 47.1 Å². The van der Waals surface area contributed by atoms with Gasteiger partial charge in [-0.3, -0.25) is 4.99 Å². The monoisotopic (exact) mass is 244 g/mol. The van der Waals surface area contributed by atoms with E-state index in [-0.39, 0.29) is 0 Å². The molecule has 2 aromatic rings. The average molecular weight is 245 g/mol. The highest BCUT2D eigenvalue weighted by Gasteiger charge is 2.14. The van der Waals surface area contributed by atoms with Crippen LogP contribution in [0.4, 0.5) is 0 Å². The molecule has 0 atom stereocenters. The molecule has 2 heterocycles. The van der Waals surface area contributed by atoms with E-state index in [9.17, 15) is 0 Å². The third kappa shape index (κ3) is 1.79. The van der Waals surface area contributed by atoms with Crippen LogP contribution in [0.3, 0.4) is 0 Å². The first-order valence-corrected chi connectivity index (χ1v) is 6.10. The van der Waals surface area contributed by atoms with Crippen molar-refractivity contribution in [1.82, 2.24) is 4.57 Å². The maximum Gasteiger partial charge on any atom is 0.0623 e. The summed E-state index contributed by atoms with van der Waals surface area (Å²) in [4.78, 5) is 4.47. The van der Waals surface area contributed by atoms with Crippen LogP contribution in [0, 0.1) is 0 Å². The first kappa shape index (κ1) is 10.6. The van der Waals surface area contributed by atoms with Crippen molar-refractivity contribution in [3.63, 3.8) is 0 Å². The third-order valence-corrected chi connectivity index (χ3v) is 3.42. The number of halogens is 1. The molecular formula is C14H13ClN2. The van der Waals surface area contributed by atoms with Crippen molar-refractivity contribution in [2.24, 2.45) is 4.99 Å². The van der Waals surface area contributed by atoms with Gasteiger partial charge in [0.05, 0.1) is 18.0 Å². The lowest BCUT2D eigenvalue weighted by Gasteiger charge is -2.16. The molecule has 3 rings (SSSR count). The molecule has 0 saturated heterocycles. The summed E-state index contributed by atoms with van der Waals surface area (Å²) in [5.74, 6) is 0. The highest BCUT2D eigenvalue weighted by molar-refractivity contribution is 6.30. The molecule has 0 aliphatic carbocycles. The molecule has 0 radical (unpaired) electrons. The second-order valence-electron chi connectivity index (χ2n) is 4.23. The Morgan fingerprint density at radius 3 is 2.53 bits per heavy atom. The lowest BCUT2D eigenvalue weighted by Crippen LogP contribution is -2.16. The predicted octanol–water partition coefficient (Wildman–Crippen LogP) is 3.63. The van der Waals surface area contributed by atoms with Crippen LogP contribution in [0.1, 0.15) is 12.6 Å². The van der Waals surface area contributed by atoms with E-state index in [4.69, 9.17) is 11.6 Å². The summed E-state index contributed by atoms with van der Waals surface area (Å²) in [6.45, 7) is 3.89. The Hall–Kier alpha value is -1.54. The number of aromatic nitrogens is 1. The molecule has 86 valence electrons. The topological polar surface area (TPSA) is 17.3 Å². The van der Waals surface area contributed by atoms with Gasteiger partial charge < -0.3 is 4.57 Å². The Labute approximate surface area is 106 Å². The molecule has 1 aliphatic heterocycles. The summed E-state index contributed by atoms with van der Waals surface area (Å²) in [5, 5.41) is 0.775. The van der Waals surface area contributed by atoms with E-state index in [1.165, 1.54) is 17.0 Å². The van der Waals surface area contributed by atoms with Gasteiger partial charge in [0.15, 0.2) is 0 Å². The van der Waals surface area contributed by atoms with Crippen LogP contribution >= 0.6 is 11.6 Å². The fourth-order valence-corrected chi connectivity index (χ4v) is 2.42. The van der Waals surface area contributed by atoms with Crippen molar-refractivity contribution in [1.29, 1.82) is 0 Å². The summed E-state index contributed by atoms with van der Waals surface area (Å²) >= 11 is 5.91. The van der Waals surface area contributed by atoms with Crippen LogP contribution in [-0.4, -0.2) is 16.8 Å². The minimum Gasteiger partial charge on any atom is -0.338 e. The molecule has 0 saturated carbocycles. The van der Waals surface area contributed by atoms with E-state index in [1.807, 2.05) is 12.1 Å². The van der Waals surface area contributed by atoms with Gasteiger partial charge >= 0.3 is 0 Å². The largest absolute Gasteiger partial charge is 0.338 e. The molecular weight excluding hydrogens is 232 g/mol. The van der Waals surface area contributed by atoms with E-state index in [0.717, 1.165) is 23.8 Å². The number of hydrogen-bond donors (Lipinski definition) is 0. The van der Waals surface area contributed by atoms with E-state index in [2.05, 4.69) is 40.7 Å². The number of hydrogen-bond acceptors (Lipinski definition) is 1. The number of benzene rings is 1. The van der Waals surface area contributed by atoms with Gasteiger partial charge in [0, 0.05) is 17.3 Å². The van der Waals surface area contributed by atoms with Crippen LogP contribution in [0.15, 0.2) is 41.4 Å². The molecule has 0 unspecified atom stereocenters. The molecule has 1 aromatic heterocycles. The van der Waals surface area contributed by atoms with Crippen LogP contribution in [0.5, 0.6) is 0 Å². The summed E-state index contributed by atoms with van der Waals surface area (Å²) in [7, 11) is 0. The Morgan fingerprint density at radius 1 is 1.06 bits per heavy atom. The SMILES string of the molecule is CC1=NCCn2c1ccc2-c1ccc(Cl)cc1. The summed E-state index contributed by atoms with van der Waals surface area (Å²) in [5.41, 5.74) is 4.79. The first-order chi connectivity index (χ1) is 8.25. The Balaban J connectivity index is 2.11. The number of rotatable bonds is 1. The predicted molar refractivity (Wildman–Crippen MR) is 72.0 cm³/mol. The molecule has 1 aliphatic rings. The van der Waals surface area contributed by atoms with Gasteiger partial charge in [-0.2, -0.15) is 0 Å².